The molecule has 0 aliphatic carbocycles. The molecule has 0 aliphatic rings. The average Bonchev–Trinajstić information content (AvgIpc) is 3.03. The topological polar surface area (TPSA) is 73.1 Å². The molecule has 2 aromatic heterocycles. The lowest BCUT2D eigenvalue weighted by Gasteiger charge is -2.05. The monoisotopic (exact) mass is 327 g/mol. The van der Waals surface area contributed by atoms with Crippen LogP contribution in [0.4, 0.5) is 5.13 Å². The van der Waals surface area contributed by atoms with Gasteiger partial charge in [0, 0.05) is 26.9 Å². The summed E-state index contributed by atoms with van der Waals surface area (Å²) in [5.74, 6) is 0.250. The van der Waals surface area contributed by atoms with E-state index >= 15 is 0 Å². The Hall–Kier alpha value is -1.61. The van der Waals surface area contributed by atoms with E-state index in [1.54, 1.807) is 17.8 Å². The molecule has 2 rings (SSSR count). The maximum Gasteiger partial charge on any atom is 0.341 e. The van der Waals surface area contributed by atoms with Crippen molar-refractivity contribution in [3.05, 3.63) is 17.5 Å². The van der Waals surface area contributed by atoms with Gasteiger partial charge >= 0.3 is 5.97 Å². The van der Waals surface area contributed by atoms with Crippen molar-refractivity contribution in [1.82, 2.24) is 20.0 Å². The number of nitrogens with zero attached hydrogens (tertiary/aromatic N) is 5. The summed E-state index contributed by atoms with van der Waals surface area (Å²) in [6, 6.07) is 0. The van der Waals surface area contributed by atoms with Crippen molar-refractivity contribution in [2.24, 2.45) is 7.05 Å². The molecule has 0 spiro atoms. The van der Waals surface area contributed by atoms with Gasteiger partial charge in [-0.3, -0.25) is 4.68 Å². The molecule has 9 heteroatoms. The van der Waals surface area contributed by atoms with Gasteiger partial charge in [0.25, 0.3) is 0 Å². The summed E-state index contributed by atoms with van der Waals surface area (Å²) >= 11 is 3.04. The van der Waals surface area contributed by atoms with E-state index in [0.717, 1.165) is 15.2 Å². The maximum atomic E-state index is 11.9. The summed E-state index contributed by atoms with van der Waals surface area (Å²) < 4.78 is 7.58. The van der Waals surface area contributed by atoms with E-state index in [1.165, 1.54) is 23.1 Å². The van der Waals surface area contributed by atoms with Crippen LogP contribution in [0.3, 0.4) is 0 Å². The Morgan fingerprint density at radius 1 is 1.48 bits per heavy atom. The van der Waals surface area contributed by atoms with Gasteiger partial charge in [-0.15, -0.1) is 10.2 Å². The summed E-state index contributed by atoms with van der Waals surface area (Å²) in [4.78, 5) is 13.8. The second-order valence-electron chi connectivity index (χ2n) is 4.38. The minimum Gasteiger partial charge on any atom is -0.462 e. The molecule has 0 aliphatic heterocycles. The predicted molar refractivity (Wildman–Crippen MR) is 83.0 cm³/mol. The zero-order valence-electron chi connectivity index (χ0n) is 12.4. The first-order valence-electron chi connectivity index (χ1n) is 6.34. The summed E-state index contributed by atoms with van der Waals surface area (Å²) in [5.41, 5.74) is 1.32. The van der Waals surface area contributed by atoms with Crippen molar-refractivity contribution < 1.29 is 9.53 Å². The second-order valence-corrected chi connectivity index (χ2v) is 6.56. The van der Waals surface area contributed by atoms with E-state index in [4.69, 9.17) is 4.74 Å². The highest BCUT2D eigenvalue weighted by atomic mass is 32.2. The van der Waals surface area contributed by atoms with Crippen molar-refractivity contribution in [2.45, 2.75) is 17.0 Å². The molecular formula is C12H17N5O2S2. The number of hydrogen-bond donors (Lipinski definition) is 0. The first kappa shape index (κ1) is 15.8. The van der Waals surface area contributed by atoms with Crippen molar-refractivity contribution in [3.63, 3.8) is 0 Å². The van der Waals surface area contributed by atoms with Gasteiger partial charge in [-0.1, -0.05) is 23.1 Å². The standard InChI is InChI=1S/C12H17N5O2S2/c1-5-19-10(18)8-6-13-17(4)9(8)7-20-12-15-14-11(21-12)16(2)3/h6H,5,7H2,1-4H3. The Morgan fingerprint density at radius 2 is 2.24 bits per heavy atom. The van der Waals surface area contributed by atoms with Gasteiger partial charge in [-0.25, -0.2) is 4.79 Å². The fourth-order valence-corrected chi connectivity index (χ4v) is 3.42. The van der Waals surface area contributed by atoms with Gasteiger partial charge in [0.15, 0.2) is 4.34 Å². The molecule has 0 aromatic carbocycles. The third kappa shape index (κ3) is 3.73. The molecule has 2 aromatic rings. The number of rotatable bonds is 6. The minimum atomic E-state index is -0.340. The molecule has 21 heavy (non-hydrogen) atoms. The van der Waals surface area contributed by atoms with Crippen LogP contribution in [0, 0.1) is 0 Å². The number of hydrogen-bond acceptors (Lipinski definition) is 8. The SMILES string of the molecule is CCOC(=O)c1cnn(C)c1CSc1nnc(N(C)C)s1. The third-order valence-electron chi connectivity index (χ3n) is 2.67. The fraction of sp³-hybridized carbons (Fsp3) is 0.500. The summed E-state index contributed by atoms with van der Waals surface area (Å²) in [7, 11) is 5.66. The molecule has 0 saturated heterocycles. The normalized spacial score (nSPS) is 10.7. The lowest BCUT2D eigenvalue weighted by atomic mass is 10.3. The molecule has 2 heterocycles. The summed E-state index contributed by atoms with van der Waals surface area (Å²) in [6.07, 6.45) is 1.54. The van der Waals surface area contributed by atoms with E-state index in [-0.39, 0.29) is 5.97 Å². The number of esters is 1. The molecule has 114 valence electrons. The Morgan fingerprint density at radius 3 is 2.86 bits per heavy atom. The second kappa shape index (κ2) is 6.90. The largest absolute Gasteiger partial charge is 0.462 e. The van der Waals surface area contributed by atoms with Crippen LogP contribution in [-0.4, -0.2) is 46.6 Å². The van der Waals surface area contributed by atoms with Crippen molar-refractivity contribution in [2.75, 3.05) is 25.6 Å². The predicted octanol–water partition coefficient (Wildman–Crippen LogP) is 1.81. The highest BCUT2D eigenvalue weighted by Gasteiger charge is 2.18. The minimum absolute atomic E-state index is 0.340. The van der Waals surface area contributed by atoms with Gasteiger partial charge < -0.3 is 9.64 Å². The Balaban J connectivity index is 2.08. The molecule has 0 amide bonds. The molecule has 0 radical (unpaired) electrons. The van der Waals surface area contributed by atoms with Gasteiger partial charge in [-0.2, -0.15) is 5.10 Å². The van der Waals surface area contributed by atoms with Crippen LogP contribution >= 0.6 is 23.1 Å². The zero-order valence-corrected chi connectivity index (χ0v) is 14.0. The third-order valence-corrected chi connectivity index (χ3v) is 4.90. The number of anilines is 1. The molecule has 0 N–H and O–H groups in total. The van der Waals surface area contributed by atoms with Crippen LogP contribution < -0.4 is 4.90 Å². The fourth-order valence-electron chi connectivity index (χ4n) is 1.59. The zero-order chi connectivity index (χ0) is 15.4. The first-order chi connectivity index (χ1) is 10.0. The van der Waals surface area contributed by atoms with Crippen LogP contribution in [0.15, 0.2) is 10.5 Å². The van der Waals surface area contributed by atoms with E-state index < -0.39 is 0 Å². The first-order valence-corrected chi connectivity index (χ1v) is 8.14. The smallest absolute Gasteiger partial charge is 0.341 e. The van der Waals surface area contributed by atoms with Crippen LogP contribution in [-0.2, 0) is 17.5 Å². The van der Waals surface area contributed by atoms with E-state index in [1.807, 2.05) is 26.0 Å². The number of ether oxygens (including phenoxy) is 1. The summed E-state index contributed by atoms with van der Waals surface area (Å²) in [6.45, 7) is 2.13. The number of carbonyl (C=O) groups is 1. The Labute approximate surface area is 131 Å². The highest BCUT2D eigenvalue weighted by molar-refractivity contribution is 8.00. The summed E-state index contributed by atoms with van der Waals surface area (Å²) in [5, 5.41) is 13.2. The Kier molecular flexibility index (Phi) is 5.18. The average molecular weight is 327 g/mol. The van der Waals surface area contributed by atoms with E-state index in [9.17, 15) is 4.79 Å². The number of aryl methyl sites for hydroxylation is 1. The maximum absolute atomic E-state index is 11.9. The van der Waals surface area contributed by atoms with Crippen LogP contribution in [0.25, 0.3) is 0 Å². The van der Waals surface area contributed by atoms with Gasteiger partial charge in [0.05, 0.1) is 18.5 Å². The van der Waals surface area contributed by atoms with Crippen LogP contribution in [0.5, 0.6) is 0 Å². The molecule has 0 fully saturated rings. The van der Waals surface area contributed by atoms with Crippen molar-refractivity contribution in [1.29, 1.82) is 0 Å². The van der Waals surface area contributed by atoms with Gasteiger partial charge in [-0.05, 0) is 6.92 Å². The highest BCUT2D eigenvalue weighted by Crippen LogP contribution is 2.30. The molecule has 0 bridgehead atoms. The number of thioether (sulfide) groups is 1. The van der Waals surface area contributed by atoms with Crippen molar-refractivity contribution >= 4 is 34.2 Å². The lowest BCUT2D eigenvalue weighted by Crippen LogP contribution is -2.08. The van der Waals surface area contributed by atoms with Crippen LogP contribution in [0.2, 0.25) is 0 Å². The number of aromatic nitrogens is 4. The molecular weight excluding hydrogens is 310 g/mol. The number of carbonyl (C=O) groups excluding carboxylic acids is 1. The van der Waals surface area contributed by atoms with E-state index in [0.29, 0.717) is 17.9 Å². The van der Waals surface area contributed by atoms with Gasteiger partial charge in [0.2, 0.25) is 5.13 Å². The Bertz CT molecular complexity index is 623. The molecule has 0 atom stereocenters. The quantitative estimate of drug-likeness (QED) is 0.592. The van der Waals surface area contributed by atoms with Crippen molar-refractivity contribution in [3.8, 4) is 0 Å². The van der Waals surface area contributed by atoms with Gasteiger partial charge in [0.1, 0.15) is 5.56 Å². The molecule has 0 saturated carbocycles. The molecule has 0 unspecified atom stereocenters. The van der Waals surface area contributed by atoms with E-state index in [2.05, 4.69) is 15.3 Å². The molecule has 7 nitrogen and oxygen atoms in total. The lowest BCUT2D eigenvalue weighted by molar-refractivity contribution is 0.0525. The van der Waals surface area contributed by atoms with Crippen LogP contribution in [0.1, 0.15) is 23.0 Å².